The molecule has 0 bridgehead atoms. The topological polar surface area (TPSA) is 28.2 Å². The van der Waals surface area contributed by atoms with Gasteiger partial charge in [0.15, 0.2) is 0 Å². The molecule has 2 rings (SSSR count). The van der Waals surface area contributed by atoms with Crippen molar-refractivity contribution in [2.75, 3.05) is 20.6 Å². The molecule has 0 aliphatic heterocycles. The van der Waals surface area contributed by atoms with Crippen molar-refractivity contribution in [2.45, 2.75) is 19.5 Å². The molecule has 1 atom stereocenters. The molecule has 0 spiro atoms. The second kappa shape index (κ2) is 6.46. The highest BCUT2D eigenvalue weighted by atomic mass is 79.9. The zero-order chi connectivity index (χ0) is 13.8. The summed E-state index contributed by atoms with van der Waals surface area (Å²) < 4.78 is 1.10. The van der Waals surface area contributed by atoms with Crippen molar-refractivity contribution >= 4 is 26.8 Å². The van der Waals surface area contributed by atoms with E-state index in [1.54, 1.807) is 0 Å². The lowest BCUT2D eigenvalue weighted by molar-refractivity contribution is 0.303. The standard InChI is InChI=1S/C15H20BrN3/c1-11(19(2)3)9-17-10-12-6-7-14(16)13-5-4-8-18-15(12)13/h4-8,11,17H,9-10H2,1-3H3. The third-order valence-corrected chi connectivity index (χ3v) is 4.13. The summed E-state index contributed by atoms with van der Waals surface area (Å²) in [7, 11) is 4.20. The van der Waals surface area contributed by atoms with Crippen molar-refractivity contribution in [1.29, 1.82) is 0 Å². The quantitative estimate of drug-likeness (QED) is 0.917. The van der Waals surface area contributed by atoms with Crippen LogP contribution in [0.4, 0.5) is 0 Å². The molecule has 1 N–H and O–H groups in total. The zero-order valence-electron chi connectivity index (χ0n) is 11.7. The van der Waals surface area contributed by atoms with E-state index < -0.39 is 0 Å². The number of rotatable bonds is 5. The number of likely N-dealkylation sites (N-methyl/N-ethyl adjacent to an activating group) is 1. The van der Waals surface area contributed by atoms with E-state index >= 15 is 0 Å². The van der Waals surface area contributed by atoms with E-state index in [1.165, 1.54) is 10.9 Å². The fraction of sp³-hybridized carbons (Fsp3) is 0.400. The molecule has 1 heterocycles. The van der Waals surface area contributed by atoms with Crippen LogP contribution in [0.5, 0.6) is 0 Å². The highest BCUT2D eigenvalue weighted by Crippen LogP contribution is 2.25. The minimum absolute atomic E-state index is 0.523. The number of halogens is 1. The average molecular weight is 322 g/mol. The molecule has 0 amide bonds. The first-order valence-electron chi connectivity index (χ1n) is 6.49. The minimum atomic E-state index is 0.523. The Morgan fingerprint density at radius 2 is 2.11 bits per heavy atom. The van der Waals surface area contributed by atoms with E-state index in [0.29, 0.717) is 6.04 Å². The van der Waals surface area contributed by atoms with Crippen molar-refractivity contribution < 1.29 is 0 Å². The first-order valence-corrected chi connectivity index (χ1v) is 7.28. The minimum Gasteiger partial charge on any atom is -0.311 e. The molecule has 2 aromatic rings. The van der Waals surface area contributed by atoms with E-state index in [1.807, 2.05) is 12.3 Å². The van der Waals surface area contributed by atoms with Gasteiger partial charge in [-0.15, -0.1) is 0 Å². The van der Waals surface area contributed by atoms with Crippen LogP contribution in [0.3, 0.4) is 0 Å². The highest BCUT2D eigenvalue weighted by molar-refractivity contribution is 9.10. The van der Waals surface area contributed by atoms with Gasteiger partial charge in [-0.05, 0) is 38.7 Å². The second-order valence-corrected chi connectivity index (χ2v) is 5.90. The fourth-order valence-electron chi connectivity index (χ4n) is 1.94. The molecule has 1 unspecified atom stereocenters. The molecule has 4 heteroatoms. The Balaban J connectivity index is 2.11. The molecule has 0 fully saturated rings. The zero-order valence-corrected chi connectivity index (χ0v) is 13.2. The number of nitrogens with zero attached hydrogens (tertiary/aromatic N) is 2. The van der Waals surface area contributed by atoms with Gasteiger partial charge in [-0.25, -0.2) is 0 Å². The van der Waals surface area contributed by atoms with Crippen LogP contribution in [-0.2, 0) is 6.54 Å². The van der Waals surface area contributed by atoms with Crippen LogP contribution in [0.15, 0.2) is 34.9 Å². The molecule has 0 radical (unpaired) electrons. The monoisotopic (exact) mass is 321 g/mol. The molecule has 0 aliphatic carbocycles. The van der Waals surface area contributed by atoms with E-state index in [4.69, 9.17) is 0 Å². The van der Waals surface area contributed by atoms with Crippen LogP contribution in [0.25, 0.3) is 10.9 Å². The third-order valence-electron chi connectivity index (χ3n) is 3.44. The summed E-state index contributed by atoms with van der Waals surface area (Å²) in [6, 6.07) is 8.81. The van der Waals surface area contributed by atoms with Crippen LogP contribution >= 0.6 is 15.9 Å². The van der Waals surface area contributed by atoms with Crippen molar-refractivity contribution in [3.8, 4) is 0 Å². The number of pyridine rings is 1. The third kappa shape index (κ3) is 3.53. The Hall–Kier alpha value is -0.970. The summed E-state index contributed by atoms with van der Waals surface area (Å²) in [5.41, 5.74) is 2.31. The van der Waals surface area contributed by atoms with Crippen LogP contribution in [0.2, 0.25) is 0 Å². The lowest BCUT2D eigenvalue weighted by Crippen LogP contribution is -2.35. The van der Waals surface area contributed by atoms with Crippen molar-refractivity contribution in [2.24, 2.45) is 0 Å². The van der Waals surface area contributed by atoms with E-state index in [0.717, 1.165) is 23.1 Å². The number of hydrogen-bond donors (Lipinski definition) is 1. The number of benzene rings is 1. The van der Waals surface area contributed by atoms with Gasteiger partial charge in [-0.2, -0.15) is 0 Å². The molecule has 0 aliphatic rings. The number of hydrogen-bond acceptors (Lipinski definition) is 3. The molecule has 1 aromatic heterocycles. The SMILES string of the molecule is CC(CNCc1ccc(Br)c2cccnc12)N(C)C. The molecule has 19 heavy (non-hydrogen) atoms. The molecule has 0 saturated carbocycles. The normalized spacial score (nSPS) is 13.1. The van der Waals surface area contributed by atoms with Gasteiger partial charge in [0.05, 0.1) is 5.52 Å². The number of fused-ring (bicyclic) bond motifs is 1. The summed E-state index contributed by atoms with van der Waals surface area (Å²) in [5, 5.41) is 4.67. The summed E-state index contributed by atoms with van der Waals surface area (Å²) in [6.07, 6.45) is 1.85. The lowest BCUT2D eigenvalue weighted by atomic mass is 10.1. The van der Waals surface area contributed by atoms with Crippen LogP contribution in [0.1, 0.15) is 12.5 Å². The smallest absolute Gasteiger partial charge is 0.0758 e. The van der Waals surface area contributed by atoms with Crippen molar-refractivity contribution in [1.82, 2.24) is 15.2 Å². The van der Waals surface area contributed by atoms with Crippen LogP contribution in [0, 0.1) is 0 Å². The molecule has 1 aromatic carbocycles. The Kier molecular flexibility index (Phi) is 4.91. The van der Waals surface area contributed by atoms with Crippen molar-refractivity contribution in [3.05, 3.63) is 40.5 Å². The maximum absolute atomic E-state index is 4.49. The van der Waals surface area contributed by atoms with Gasteiger partial charge < -0.3 is 10.2 Å². The Labute approximate surface area is 123 Å². The van der Waals surface area contributed by atoms with Crippen LogP contribution in [-0.4, -0.2) is 36.6 Å². The predicted octanol–water partition coefficient (Wildman–Crippen LogP) is 3.04. The van der Waals surface area contributed by atoms with Gasteiger partial charge in [0.2, 0.25) is 0 Å². The van der Waals surface area contributed by atoms with Gasteiger partial charge >= 0.3 is 0 Å². The number of aromatic nitrogens is 1. The Morgan fingerprint density at radius 3 is 2.84 bits per heavy atom. The predicted molar refractivity (Wildman–Crippen MR) is 84.3 cm³/mol. The maximum atomic E-state index is 4.49. The van der Waals surface area contributed by atoms with Gasteiger partial charge in [0, 0.05) is 35.2 Å². The van der Waals surface area contributed by atoms with Gasteiger partial charge in [-0.3, -0.25) is 4.98 Å². The second-order valence-electron chi connectivity index (χ2n) is 5.05. The average Bonchev–Trinajstić information content (AvgIpc) is 2.41. The maximum Gasteiger partial charge on any atom is 0.0758 e. The Morgan fingerprint density at radius 1 is 1.32 bits per heavy atom. The summed E-state index contributed by atoms with van der Waals surface area (Å²) in [5.74, 6) is 0. The van der Waals surface area contributed by atoms with Gasteiger partial charge in [0.25, 0.3) is 0 Å². The summed E-state index contributed by atoms with van der Waals surface area (Å²) in [6.45, 7) is 4.03. The molecule has 3 nitrogen and oxygen atoms in total. The first kappa shape index (κ1) is 14.4. The first-order chi connectivity index (χ1) is 9.09. The molecule has 102 valence electrons. The number of nitrogens with one attached hydrogen (secondary N) is 1. The largest absolute Gasteiger partial charge is 0.311 e. The van der Waals surface area contributed by atoms with E-state index in [-0.39, 0.29) is 0 Å². The highest BCUT2D eigenvalue weighted by Gasteiger charge is 2.07. The van der Waals surface area contributed by atoms with Gasteiger partial charge in [0.1, 0.15) is 0 Å². The summed E-state index contributed by atoms with van der Waals surface area (Å²) >= 11 is 3.57. The summed E-state index contributed by atoms with van der Waals surface area (Å²) in [4.78, 5) is 6.71. The molecule has 0 saturated heterocycles. The van der Waals surface area contributed by atoms with Crippen molar-refractivity contribution in [3.63, 3.8) is 0 Å². The lowest BCUT2D eigenvalue weighted by Gasteiger charge is -2.20. The Bertz CT molecular complexity index is 554. The van der Waals surface area contributed by atoms with E-state index in [2.05, 4.69) is 70.3 Å². The van der Waals surface area contributed by atoms with E-state index in [9.17, 15) is 0 Å². The molecular weight excluding hydrogens is 302 g/mol. The van der Waals surface area contributed by atoms with Gasteiger partial charge in [-0.1, -0.05) is 28.1 Å². The fourth-order valence-corrected chi connectivity index (χ4v) is 2.39. The molecular formula is C15H20BrN3. The van der Waals surface area contributed by atoms with Crippen LogP contribution < -0.4 is 5.32 Å².